The van der Waals surface area contributed by atoms with E-state index in [1.807, 2.05) is 18.4 Å². The maximum Gasteiger partial charge on any atom is 0.253 e. The van der Waals surface area contributed by atoms with Crippen LogP contribution in [0, 0.1) is 5.92 Å². The van der Waals surface area contributed by atoms with Crippen molar-refractivity contribution in [1.29, 1.82) is 0 Å². The molecule has 122 valence electrons. The van der Waals surface area contributed by atoms with Gasteiger partial charge in [0.2, 0.25) is 0 Å². The van der Waals surface area contributed by atoms with Gasteiger partial charge in [-0.2, -0.15) is 0 Å². The zero-order valence-corrected chi connectivity index (χ0v) is 15.1. The Hall–Kier alpha value is -0.710. The van der Waals surface area contributed by atoms with Crippen LogP contribution >= 0.6 is 23.4 Å². The minimum atomic E-state index is -0.0449. The van der Waals surface area contributed by atoms with Gasteiger partial charge in [-0.25, -0.2) is 0 Å². The molecule has 2 rings (SSSR count). The van der Waals surface area contributed by atoms with Crippen LogP contribution in [-0.2, 0) is 0 Å². The molecule has 1 saturated carbocycles. The summed E-state index contributed by atoms with van der Waals surface area (Å²) in [5.41, 5.74) is 0.586. The maximum atomic E-state index is 12.6. The van der Waals surface area contributed by atoms with Crippen LogP contribution in [0.1, 0.15) is 36.0 Å². The van der Waals surface area contributed by atoms with Gasteiger partial charge in [-0.05, 0) is 57.3 Å². The highest BCUT2D eigenvalue weighted by molar-refractivity contribution is 7.98. The fourth-order valence-electron chi connectivity index (χ4n) is 3.14. The first-order valence-electron chi connectivity index (χ1n) is 7.80. The van der Waals surface area contributed by atoms with Gasteiger partial charge in [0.15, 0.2) is 0 Å². The number of carbonyl (C=O) groups excluding carboxylic acids is 1. The minimum Gasteiger partial charge on any atom is -0.349 e. The van der Waals surface area contributed by atoms with E-state index >= 15 is 0 Å². The van der Waals surface area contributed by atoms with Crippen LogP contribution in [-0.4, -0.2) is 43.7 Å². The lowest BCUT2D eigenvalue weighted by Crippen LogP contribution is -2.45. The van der Waals surface area contributed by atoms with Gasteiger partial charge in [-0.3, -0.25) is 4.79 Å². The van der Waals surface area contributed by atoms with Crippen LogP contribution in [0.3, 0.4) is 0 Å². The topological polar surface area (TPSA) is 32.3 Å². The molecule has 0 heterocycles. The van der Waals surface area contributed by atoms with Gasteiger partial charge in [0, 0.05) is 17.5 Å². The Morgan fingerprint density at radius 1 is 1.36 bits per heavy atom. The lowest BCUT2D eigenvalue weighted by molar-refractivity contribution is 0.0895. The van der Waals surface area contributed by atoms with E-state index in [0.29, 0.717) is 16.5 Å². The Balaban J connectivity index is 2.09. The van der Waals surface area contributed by atoms with Crippen molar-refractivity contribution in [2.45, 2.75) is 36.6 Å². The van der Waals surface area contributed by atoms with E-state index in [9.17, 15) is 4.79 Å². The average Bonchev–Trinajstić information content (AvgIpc) is 2.49. The molecule has 1 aliphatic carbocycles. The van der Waals surface area contributed by atoms with E-state index in [0.717, 1.165) is 17.9 Å². The van der Waals surface area contributed by atoms with Crippen molar-refractivity contribution >= 4 is 29.3 Å². The van der Waals surface area contributed by atoms with Crippen molar-refractivity contribution < 1.29 is 4.79 Å². The number of rotatable bonds is 5. The molecule has 5 heteroatoms. The molecule has 2 atom stereocenters. The van der Waals surface area contributed by atoms with Gasteiger partial charge >= 0.3 is 0 Å². The summed E-state index contributed by atoms with van der Waals surface area (Å²) in [6.07, 6.45) is 6.69. The second-order valence-corrected chi connectivity index (χ2v) is 7.52. The SMILES string of the molecule is CSc1ccc(Cl)c(C(=O)NC2CCCCC2CN(C)C)c1. The molecule has 2 unspecified atom stereocenters. The third-order valence-corrected chi connectivity index (χ3v) is 5.30. The number of hydrogen-bond donors (Lipinski definition) is 1. The molecule has 3 nitrogen and oxygen atoms in total. The van der Waals surface area contributed by atoms with E-state index in [1.54, 1.807) is 17.8 Å². The Labute approximate surface area is 142 Å². The van der Waals surface area contributed by atoms with Crippen molar-refractivity contribution in [1.82, 2.24) is 10.2 Å². The molecule has 0 radical (unpaired) electrons. The number of benzene rings is 1. The number of halogens is 1. The van der Waals surface area contributed by atoms with E-state index in [1.165, 1.54) is 19.3 Å². The molecule has 1 amide bonds. The fourth-order valence-corrected chi connectivity index (χ4v) is 3.78. The van der Waals surface area contributed by atoms with Gasteiger partial charge in [0.1, 0.15) is 0 Å². The minimum absolute atomic E-state index is 0.0449. The van der Waals surface area contributed by atoms with E-state index in [4.69, 9.17) is 11.6 Å². The van der Waals surface area contributed by atoms with Crippen molar-refractivity contribution in [3.05, 3.63) is 28.8 Å². The van der Waals surface area contributed by atoms with Crippen molar-refractivity contribution in [2.75, 3.05) is 26.9 Å². The highest BCUT2D eigenvalue weighted by Gasteiger charge is 2.27. The average molecular weight is 341 g/mol. The van der Waals surface area contributed by atoms with Gasteiger partial charge in [0.05, 0.1) is 10.6 Å². The normalized spacial score (nSPS) is 21.9. The summed E-state index contributed by atoms with van der Waals surface area (Å²) >= 11 is 7.83. The van der Waals surface area contributed by atoms with Gasteiger partial charge in [-0.15, -0.1) is 11.8 Å². The zero-order valence-electron chi connectivity index (χ0n) is 13.6. The third-order valence-electron chi connectivity index (χ3n) is 4.24. The number of amides is 1. The molecule has 1 fully saturated rings. The first kappa shape index (κ1) is 17.6. The predicted molar refractivity (Wildman–Crippen MR) is 95.0 cm³/mol. The molecular formula is C17H25ClN2OS. The molecule has 0 aromatic heterocycles. The van der Waals surface area contributed by atoms with Crippen molar-refractivity contribution in [3.63, 3.8) is 0 Å². The zero-order chi connectivity index (χ0) is 16.1. The summed E-state index contributed by atoms with van der Waals surface area (Å²) in [5, 5.41) is 3.75. The summed E-state index contributed by atoms with van der Waals surface area (Å²) in [6.45, 7) is 1.02. The Morgan fingerprint density at radius 2 is 2.09 bits per heavy atom. The Kier molecular flexibility index (Phi) is 6.60. The highest BCUT2D eigenvalue weighted by atomic mass is 35.5. The summed E-state index contributed by atoms with van der Waals surface area (Å²) in [5.74, 6) is 0.478. The molecule has 0 spiro atoms. The lowest BCUT2D eigenvalue weighted by atomic mass is 9.84. The molecule has 1 N–H and O–H groups in total. The van der Waals surface area contributed by atoms with Gasteiger partial charge < -0.3 is 10.2 Å². The molecule has 0 bridgehead atoms. The summed E-state index contributed by atoms with van der Waals surface area (Å²) in [4.78, 5) is 15.9. The van der Waals surface area contributed by atoms with Gasteiger partial charge in [-0.1, -0.05) is 24.4 Å². The monoisotopic (exact) mass is 340 g/mol. The summed E-state index contributed by atoms with van der Waals surface area (Å²) in [7, 11) is 4.18. The Morgan fingerprint density at radius 3 is 2.77 bits per heavy atom. The maximum absolute atomic E-state index is 12.6. The molecule has 0 aliphatic heterocycles. The molecule has 1 aliphatic rings. The van der Waals surface area contributed by atoms with E-state index in [2.05, 4.69) is 24.3 Å². The lowest BCUT2D eigenvalue weighted by Gasteiger charge is -2.34. The molecule has 1 aromatic rings. The van der Waals surface area contributed by atoms with Crippen LogP contribution in [0.15, 0.2) is 23.1 Å². The summed E-state index contributed by atoms with van der Waals surface area (Å²) < 4.78 is 0. The predicted octanol–water partition coefficient (Wildman–Crippen LogP) is 3.91. The van der Waals surface area contributed by atoms with Crippen molar-refractivity contribution in [2.24, 2.45) is 5.92 Å². The molecule has 0 saturated heterocycles. The number of nitrogens with zero attached hydrogens (tertiary/aromatic N) is 1. The number of thioether (sulfide) groups is 1. The van der Waals surface area contributed by atoms with E-state index < -0.39 is 0 Å². The first-order chi connectivity index (χ1) is 10.5. The second kappa shape index (κ2) is 8.23. The largest absolute Gasteiger partial charge is 0.349 e. The summed E-state index contributed by atoms with van der Waals surface area (Å²) in [6, 6.07) is 5.88. The van der Waals surface area contributed by atoms with Crippen LogP contribution < -0.4 is 5.32 Å². The number of carbonyl (C=O) groups is 1. The van der Waals surface area contributed by atoms with Gasteiger partial charge in [0.25, 0.3) is 5.91 Å². The van der Waals surface area contributed by atoms with Crippen LogP contribution in [0.2, 0.25) is 5.02 Å². The smallest absolute Gasteiger partial charge is 0.253 e. The Bertz CT molecular complexity index is 521. The fraction of sp³-hybridized carbons (Fsp3) is 0.588. The van der Waals surface area contributed by atoms with Crippen LogP contribution in [0.5, 0.6) is 0 Å². The first-order valence-corrected chi connectivity index (χ1v) is 9.40. The second-order valence-electron chi connectivity index (χ2n) is 6.23. The quantitative estimate of drug-likeness (QED) is 0.825. The standard InChI is InChI=1S/C17H25ClN2OS/c1-20(2)11-12-6-4-5-7-16(12)19-17(21)14-10-13(22-3)8-9-15(14)18/h8-10,12,16H,4-7,11H2,1-3H3,(H,19,21). The number of hydrogen-bond acceptors (Lipinski definition) is 3. The molecule has 22 heavy (non-hydrogen) atoms. The molecular weight excluding hydrogens is 316 g/mol. The van der Waals surface area contributed by atoms with Crippen molar-refractivity contribution in [3.8, 4) is 0 Å². The number of nitrogens with one attached hydrogen (secondary N) is 1. The highest BCUT2D eigenvalue weighted by Crippen LogP contribution is 2.27. The third kappa shape index (κ3) is 4.64. The van der Waals surface area contributed by atoms with E-state index in [-0.39, 0.29) is 11.9 Å². The molecule has 1 aromatic carbocycles. The van der Waals surface area contributed by atoms with Crippen LogP contribution in [0.25, 0.3) is 0 Å². The van der Waals surface area contributed by atoms with Crippen LogP contribution in [0.4, 0.5) is 0 Å².